The van der Waals surface area contributed by atoms with Gasteiger partial charge in [-0.05, 0) is 36.2 Å². The Kier molecular flexibility index (Phi) is 5.95. The molecule has 20 heavy (non-hydrogen) atoms. The van der Waals surface area contributed by atoms with Gasteiger partial charge in [0.25, 0.3) is 0 Å². The van der Waals surface area contributed by atoms with E-state index >= 15 is 0 Å². The standard InChI is InChI=1S/C15H26N4S/c1-4-6-16-14-13(11(2)3)15(19-10-18-14)17-8-12-5-7-20-9-12/h10-12H,4-9H2,1-3H3,(H2,16,17,18,19). The summed E-state index contributed by atoms with van der Waals surface area (Å²) in [6.45, 7) is 8.55. The van der Waals surface area contributed by atoms with Crippen LogP contribution in [0, 0.1) is 5.92 Å². The van der Waals surface area contributed by atoms with Crippen LogP contribution < -0.4 is 10.6 Å². The maximum absolute atomic E-state index is 4.46. The summed E-state index contributed by atoms with van der Waals surface area (Å²) in [5.74, 6) is 5.76. The van der Waals surface area contributed by atoms with E-state index < -0.39 is 0 Å². The zero-order valence-electron chi connectivity index (χ0n) is 12.8. The van der Waals surface area contributed by atoms with Crippen molar-refractivity contribution in [1.82, 2.24) is 9.97 Å². The molecule has 0 aromatic carbocycles. The first-order chi connectivity index (χ1) is 9.72. The summed E-state index contributed by atoms with van der Waals surface area (Å²) in [7, 11) is 0. The second-order valence-corrected chi connectivity index (χ2v) is 6.83. The zero-order chi connectivity index (χ0) is 14.4. The van der Waals surface area contributed by atoms with Gasteiger partial charge in [-0.15, -0.1) is 0 Å². The van der Waals surface area contributed by atoms with Crippen LogP contribution in [0.4, 0.5) is 11.6 Å². The number of rotatable bonds is 7. The molecule has 5 heteroatoms. The van der Waals surface area contributed by atoms with Crippen LogP contribution in [0.15, 0.2) is 6.33 Å². The number of aromatic nitrogens is 2. The van der Waals surface area contributed by atoms with Gasteiger partial charge in [0.1, 0.15) is 18.0 Å². The highest BCUT2D eigenvalue weighted by atomic mass is 32.2. The Morgan fingerprint density at radius 2 is 2.05 bits per heavy atom. The summed E-state index contributed by atoms with van der Waals surface area (Å²) in [4.78, 5) is 8.87. The number of hydrogen-bond donors (Lipinski definition) is 2. The summed E-state index contributed by atoms with van der Waals surface area (Å²) >= 11 is 2.06. The minimum absolute atomic E-state index is 0.413. The van der Waals surface area contributed by atoms with Gasteiger partial charge < -0.3 is 10.6 Å². The van der Waals surface area contributed by atoms with Crippen LogP contribution in [0.5, 0.6) is 0 Å². The summed E-state index contributed by atoms with van der Waals surface area (Å²) < 4.78 is 0. The highest BCUT2D eigenvalue weighted by Crippen LogP contribution is 2.29. The van der Waals surface area contributed by atoms with E-state index in [1.807, 2.05) is 0 Å². The van der Waals surface area contributed by atoms with Crippen molar-refractivity contribution < 1.29 is 0 Å². The van der Waals surface area contributed by atoms with Gasteiger partial charge in [-0.25, -0.2) is 9.97 Å². The highest BCUT2D eigenvalue weighted by molar-refractivity contribution is 7.99. The third kappa shape index (κ3) is 4.01. The molecule has 2 N–H and O–H groups in total. The van der Waals surface area contributed by atoms with Crippen LogP contribution in [0.3, 0.4) is 0 Å². The number of nitrogens with zero attached hydrogens (tertiary/aromatic N) is 2. The van der Waals surface area contributed by atoms with E-state index in [1.165, 1.54) is 23.5 Å². The predicted octanol–water partition coefficient (Wildman–Crippen LogP) is 3.59. The average Bonchev–Trinajstić information content (AvgIpc) is 2.95. The van der Waals surface area contributed by atoms with Crippen LogP contribution in [0.2, 0.25) is 0 Å². The Morgan fingerprint density at radius 3 is 2.65 bits per heavy atom. The molecule has 112 valence electrons. The molecule has 1 aliphatic heterocycles. The second kappa shape index (κ2) is 7.72. The Balaban J connectivity index is 2.09. The van der Waals surface area contributed by atoms with Crippen molar-refractivity contribution in [2.75, 3.05) is 35.2 Å². The topological polar surface area (TPSA) is 49.8 Å². The Labute approximate surface area is 126 Å². The molecule has 0 bridgehead atoms. The molecule has 0 saturated carbocycles. The maximum Gasteiger partial charge on any atom is 0.134 e. The largest absolute Gasteiger partial charge is 0.370 e. The average molecular weight is 294 g/mol. The molecule has 0 amide bonds. The van der Waals surface area contributed by atoms with Crippen molar-refractivity contribution in [3.05, 3.63) is 11.9 Å². The van der Waals surface area contributed by atoms with Gasteiger partial charge in [0, 0.05) is 18.7 Å². The van der Waals surface area contributed by atoms with Crippen molar-refractivity contribution in [3.8, 4) is 0 Å². The van der Waals surface area contributed by atoms with E-state index in [0.29, 0.717) is 5.92 Å². The number of anilines is 2. The van der Waals surface area contributed by atoms with E-state index in [1.54, 1.807) is 6.33 Å². The van der Waals surface area contributed by atoms with Gasteiger partial charge in [-0.3, -0.25) is 0 Å². The Hall–Kier alpha value is -0.970. The summed E-state index contributed by atoms with van der Waals surface area (Å²) in [5.41, 5.74) is 1.21. The fraction of sp³-hybridized carbons (Fsp3) is 0.733. The van der Waals surface area contributed by atoms with Gasteiger partial charge in [-0.1, -0.05) is 20.8 Å². The predicted molar refractivity (Wildman–Crippen MR) is 88.8 cm³/mol. The molecule has 2 rings (SSSR count). The van der Waals surface area contributed by atoms with Crippen LogP contribution in [-0.2, 0) is 0 Å². The van der Waals surface area contributed by atoms with Crippen molar-refractivity contribution >= 4 is 23.4 Å². The monoisotopic (exact) mass is 294 g/mol. The van der Waals surface area contributed by atoms with Crippen LogP contribution >= 0.6 is 11.8 Å². The molecule has 1 unspecified atom stereocenters. The molecular formula is C15H26N4S. The van der Waals surface area contributed by atoms with E-state index in [9.17, 15) is 0 Å². The minimum atomic E-state index is 0.413. The van der Waals surface area contributed by atoms with Gasteiger partial charge in [0.15, 0.2) is 0 Å². The molecule has 0 aliphatic carbocycles. The van der Waals surface area contributed by atoms with Crippen molar-refractivity contribution in [2.24, 2.45) is 5.92 Å². The van der Waals surface area contributed by atoms with Crippen molar-refractivity contribution in [1.29, 1.82) is 0 Å². The lowest BCUT2D eigenvalue weighted by Crippen LogP contribution is -2.17. The maximum atomic E-state index is 4.46. The Bertz CT molecular complexity index is 416. The lowest BCUT2D eigenvalue weighted by molar-refractivity contribution is 0.629. The normalized spacial score (nSPS) is 18.5. The number of nitrogens with one attached hydrogen (secondary N) is 2. The van der Waals surface area contributed by atoms with E-state index in [4.69, 9.17) is 0 Å². The molecule has 1 atom stereocenters. The summed E-state index contributed by atoms with van der Waals surface area (Å²) in [5, 5.41) is 6.97. The molecule has 1 aromatic rings. The fourth-order valence-corrected chi connectivity index (χ4v) is 3.74. The quantitative estimate of drug-likeness (QED) is 0.805. The molecule has 1 aromatic heterocycles. The molecule has 1 fully saturated rings. The first kappa shape index (κ1) is 15.4. The number of thioether (sulfide) groups is 1. The van der Waals surface area contributed by atoms with Crippen LogP contribution in [0.1, 0.15) is 45.1 Å². The number of hydrogen-bond acceptors (Lipinski definition) is 5. The van der Waals surface area contributed by atoms with Crippen molar-refractivity contribution in [2.45, 2.75) is 39.5 Å². The first-order valence-electron chi connectivity index (χ1n) is 7.62. The van der Waals surface area contributed by atoms with E-state index in [-0.39, 0.29) is 0 Å². The molecule has 0 radical (unpaired) electrons. The lowest BCUT2D eigenvalue weighted by atomic mass is 10.0. The van der Waals surface area contributed by atoms with E-state index in [0.717, 1.165) is 37.1 Å². The summed E-state index contributed by atoms with van der Waals surface area (Å²) in [6, 6.07) is 0. The fourth-order valence-electron chi connectivity index (χ4n) is 2.45. The molecule has 4 nitrogen and oxygen atoms in total. The second-order valence-electron chi connectivity index (χ2n) is 5.68. The van der Waals surface area contributed by atoms with E-state index in [2.05, 4.69) is 53.1 Å². The van der Waals surface area contributed by atoms with Crippen molar-refractivity contribution in [3.63, 3.8) is 0 Å². The van der Waals surface area contributed by atoms with Crippen LogP contribution in [0.25, 0.3) is 0 Å². The third-order valence-electron chi connectivity index (χ3n) is 3.59. The van der Waals surface area contributed by atoms with Gasteiger partial charge in [0.2, 0.25) is 0 Å². The smallest absolute Gasteiger partial charge is 0.134 e. The van der Waals surface area contributed by atoms with Gasteiger partial charge in [-0.2, -0.15) is 11.8 Å². The summed E-state index contributed by atoms with van der Waals surface area (Å²) in [6.07, 6.45) is 4.08. The third-order valence-corrected chi connectivity index (χ3v) is 4.82. The molecule has 0 spiro atoms. The lowest BCUT2D eigenvalue weighted by Gasteiger charge is -2.19. The zero-order valence-corrected chi connectivity index (χ0v) is 13.6. The molecular weight excluding hydrogens is 268 g/mol. The Morgan fingerprint density at radius 1 is 1.30 bits per heavy atom. The van der Waals surface area contributed by atoms with Gasteiger partial charge >= 0.3 is 0 Å². The molecule has 1 saturated heterocycles. The SMILES string of the molecule is CCCNc1ncnc(NCC2CCSC2)c1C(C)C. The first-order valence-corrected chi connectivity index (χ1v) is 8.78. The van der Waals surface area contributed by atoms with Crippen LogP contribution in [-0.4, -0.2) is 34.6 Å². The highest BCUT2D eigenvalue weighted by Gasteiger charge is 2.18. The van der Waals surface area contributed by atoms with Gasteiger partial charge in [0.05, 0.1) is 0 Å². The minimum Gasteiger partial charge on any atom is -0.370 e. The molecule has 2 heterocycles. The molecule has 1 aliphatic rings.